The molecule has 1 aliphatic heterocycles. The maximum Gasteiger partial charge on any atom is 0.229 e. The number of para-hydroxylation sites is 1. The summed E-state index contributed by atoms with van der Waals surface area (Å²) in [7, 11) is 0. The van der Waals surface area contributed by atoms with E-state index < -0.39 is 0 Å². The average molecular weight is 394 g/mol. The third kappa shape index (κ3) is 3.57. The first-order valence-electron chi connectivity index (χ1n) is 7.16. The topological polar surface area (TPSA) is 49.4 Å². The van der Waals surface area contributed by atoms with Gasteiger partial charge in [-0.3, -0.25) is 9.59 Å². The van der Waals surface area contributed by atoms with Crippen molar-refractivity contribution in [3.8, 4) is 0 Å². The SMILES string of the molecule is O=C(Nc1ccccc1Br)C1CC(=O)N(c2ccc(Cl)cc2)C1. The fourth-order valence-corrected chi connectivity index (χ4v) is 3.06. The number of nitrogens with one attached hydrogen (secondary N) is 1. The molecule has 6 heteroatoms. The van der Waals surface area contributed by atoms with Crippen LogP contribution in [0.2, 0.25) is 5.02 Å². The van der Waals surface area contributed by atoms with E-state index in [1.807, 2.05) is 24.3 Å². The van der Waals surface area contributed by atoms with Gasteiger partial charge in [0.2, 0.25) is 11.8 Å². The Hall–Kier alpha value is -1.85. The molecule has 1 aliphatic rings. The minimum Gasteiger partial charge on any atom is -0.325 e. The molecule has 3 rings (SSSR count). The molecule has 0 aliphatic carbocycles. The van der Waals surface area contributed by atoms with Crippen molar-refractivity contribution in [3.63, 3.8) is 0 Å². The van der Waals surface area contributed by atoms with Crippen molar-refractivity contribution in [2.24, 2.45) is 5.92 Å². The van der Waals surface area contributed by atoms with E-state index in [9.17, 15) is 9.59 Å². The number of amides is 2. The van der Waals surface area contributed by atoms with Gasteiger partial charge in [-0.15, -0.1) is 0 Å². The Kier molecular flexibility index (Phi) is 4.68. The van der Waals surface area contributed by atoms with Gasteiger partial charge in [0.25, 0.3) is 0 Å². The van der Waals surface area contributed by atoms with Crippen LogP contribution in [0, 0.1) is 5.92 Å². The fourth-order valence-electron chi connectivity index (χ4n) is 2.55. The van der Waals surface area contributed by atoms with E-state index in [1.165, 1.54) is 0 Å². The first-order valence-corrected chi connectivity index (χ1v) is 8.33. The molecule has 2 aromatic carbocycles. The van der Waals surface area contributed by atoms with E-state index >= 15 is 0 Å². The Morgan fingerprint density at radius 3 is 2.57 bits per heavy atom. The highest BCUT2D eigenvalue weighted by atomic mass is 79.9. The minimum absolute atomic E-state index is 0.0559. The zero-order valence-corrected chi connectivity index (χ0v) is 14.5. The van der Waals surface area contributed by atoms with E-state index in [0.717, 1.165) is 10.2 Å². The average Bonchev–Trinajstić information content (AvgIpc) is 2.92. The lowest BCUT2D eigenvalue weighted by atomic mass is 10.1. The van der Waals surface area contributed by atoms with Gasteiger partial charge in [-0.2, -0.15) is 0 Å². The maximum absolute atomic E-state index is 12.4. The van der Waals surface area contributed by atoms with Gasteiger partial charge in [0.1, 0.15) is 0 Å². The second kappa shape index (κ2) is 6.72. The monoisotopic (exact) mass is 392 g/mol. The number of hydrogen-bond donors (Lipinski definition) is 1. The fraction of sp³-hybridized carbons (Fsp3) is 0.176. The molecular weight excluding hydrogens is 380 g/mol. The van der Waals surface area contributed by atoms with Crippen molar-refractivity contribution >= 4 is 50.7 Å². The van der Waals surface area contributed by atoms with Crippen LogP contribution in [0.15, 0.2) is 53.0 Å². The van der Waals surface area contributed by atoms with Gasteiger partial charge in [0.05, 0.1) is 11.6 Å². The van der Waals surface area contributed by atoms with Crippen LogP contribution in [0.3, 0.4) is 0 Å². The number of anilines is 2. The van der Waals surface area contributed by atoms with E-state index in [4.69, 9.17) is 11.6 Å². The summed E-state index contributed by atoms with van der Waals surface area (Å²) < 4.78 is 0.812. The van der Waals surface area contributed by atoms with Crippen LogP contribution < -0.4 is 10.2 Å². The third-order valence-corrected chi connectivity index (χ3v) is 4.71. The highest BCUT2D eigenvalue weighted by Crippen LogP contribution is 2.28. The molecule has 1 fully saturated rings. The molecule has 1 N–H and O–H groups in total. The van der Waals surface area contributed by atoms with Gasteiger partial charge in [0.15, 0.2) is 0 Å². The molecule has 1 saturated heterocycles. The third-order valence-electron chi connectivity index (χ3n) is 3.77. The number of halogens is 2. The van der Waals surface area contributed by atoms with Gasteiger partial charge in [-0.25, -0.2) is 0 Å². The van der Waals surface area contributed by atoms with Crippen molar-refractivity contribution in [1.29, 1.82) is 0 Å². The number of carbonyl (C=O) groups excluding carboxylic acids is 2. The van der Waals surface area contributed by atoms with Crippen LogP contribution in [0.4, 0.5) is 11.4 Å². The Bertz CT molecular complexity index is 749. The molecule has 0 spiro atoms. The van der Waals surface area contributed by atoms with Crippen molar-refractivity contribution in [2.75, 3.05) is 16.8 Å². The van der Waals surface area contributed by atoms with Crippen LogP contribution in [-0.4, -0.2) is 18.4 Å². The van der Waals surface area contributed by atoms with Crippen LogP contribution in [0.5, 0.6) is 0 Å². The smallest absolute Gasteiger partial charge is 0.229 e. The lowest BCUT2D eigenvalue weighted by molar-refractivity contribution is -0.122. The predicted octanol–water partition coefficient (Wildman–Crippen LogP) is 4.09. The molecule has 1 unspecified atom stereocenters. The highest BCUT2D eigenvalue weighted by Gasteiger charge is 2.35. The molecule has 23 heavy (non-hydrogen) atoms. The van der Waals surface area contributed by atoms with Crippen LogP contribution in [0.25, 0.3) is 0 Å². The molecular formula is C17H14BrClN2O2. The Morgan fingerprint density at radius 1 is 1.17 bits per heavy atom. The molecule has 0 aromatic heterocycles. The summed E-state index contributed by atoms with van der Waals surface area (Å²) >= 11 is 9.26. The van der Waals surface area contributed by atoms with Crippen LogP contribution in [-0.2, 0) is 9.59 Å². The number of benzene rings is 2. The van der Waals surface area contributed by atoms with Gasteiger partial charge < -0.3 is 10.2 Å². The summed E-state index contributed by atoms with van der Waals surface area (Å²) in [4.78, 5) is 26.2. The quantitative estimate of drug-likeness (QED) is 0.854. The van der Waals surface area contributed by atoms with Crippen molar-refractivity contribution in [1.82, 2.24) is 0 Å². The predicted molar refractivity (Wildman–Crippen MR) is 94.7 cm³/mol. The second-order valence-electron chi connectivity index (χ2n) is 5.35. The van der Waals surface area contributed by atoms with Gasteiger partial charge in [-0.05, 0) is 52.3 Å². The molecule has 0 bridgehead atoms. The molecule has 1 atom stereocenters. The van der Waals surface area contributed by atoms with E-state index in [1.54, 1.807) is 29.2 Å². The Balaban J connectivity index is 1.71. The Labute approximate surface area is 147 Å². The standard InChI is InChI=1S/C17H14BrClN2O2/c18-14-3-1-2-4-15(14)20-17(23)11-9-16(22)21(10-11)13-7-5-12(19)6-8-13/h1-8,11H,9-10H2,(H,20,23). The zero-order valence-electron chi connectivity index (χ0n) is 12.1. The number of hydrogen-bond acceptors (Lipinski definition) is 2. The second-order valence-corrected chi connectivity index (χ2v) is 6.64. The highest BCUT2D eigenvalue weighted by molar-refractivity contribution is 9.10. The normalized spacial score (nSPS) is 17.4. The van der Waals surface area contributed by atoms with Crippen molar-refractivity contribution in [2.45, 2.75) is 6.42 Å². The molecule has 0 saturated carbocycles. The van der Waals surface area contributed by atoms with Gasteiger partial charge >= 0.3 is 0 Å². The van der Waals surface area contributed by atoms with Crippen LogP contribution >= 0.6 is 27.5 Å². The summed E-state index contributed by atoms with van der Waals surface area (Å²) in [6.07, 6.45) is 0.207. The van der Waals surface area contributed by atoms with E-state index in [-0.39, 0.29) is 24.2 Å². The molecule has 2 amide bonds. The molecule has 2 aromatic rings. The first kappa shape index (κ1) is 16.0. The lowest BCUT2D eigenvalue weighted by Crippen LogP contribution is -2.28. The lowest BCUT2D eigenvalue weighted by Gasteiger charge is -2.17. The number of carbonyl (C=O) groups is 2. The number of rotatable bonds is 3. The maximum atomic E-state index is 12.4. The zero-order chi connectivity index (χ0) is 16.4. The molecule has 1 heterocycles. The van der Waals surface area contributed by atoms with E-state index in [0.29, 0.717) is 17.3 Å². The summed E-state index contributed by atoms with van der Waals surface area (Å²) in [5, 5.41) is 3.48. The summed E-state index contributed by atoms with van der Waals surface area (Å²) in [5.74, 6) is -0.577. The summed E-state index contributed by atoms with van der Waals surface area (Å²) in [6.45, 7) is 0.372. The largest absolute Gasteiger partial charge is 0.325 e. The van der Waals surface area contributed by atoms with Gasteiger partial charge in [0, 0.05) is 28.1 Å². The summed E-state index contributed by atoms with van der Waals surface area (Å²) in [5.41, 5.74) is 1.46. The summed E-state index contributed by atoms with van der Waals surface area (Å²) in [6, 6.07) is 14.4. The van der Waals surface area contributed by atoms with Crippen molar-refractivity contribution < 1.29 is 9.59 Å². The molecule has 118 valence electrons. The number of nitrogens with zero attached hydrogens (tertiary/aromatic N) is 1. The Morgan fingerprint density at radius 2 is 1.87 bits per heavy atom. The first-order chi connectivity index (χ1) is 11.0. The molecule has 0 radical (unpaired) electrons. The van der Waals surface area contributed by atoms with Gasteiger partial charge in [-0.1, -0.05) is 23.7 Å². The molecule has 4 nitrogen and oxygen atoms in total. The van der Waals surface area contributed by atoms with Crippen molar-refractivity contribution in [3.05, 3.63) is 58.0 Å². The minimum atomic E-state index is -0.370. The van der Waals surface area contributed by atoms with E-state index in [2.05, 4.69) is 21.2 Å². The van der Waals surface area contributed by atoms with Crippen LogP contribution in [0.1, 0.15) is 6.42 Å².